The first-order chi connectivity index (χ1) is 36.3. The minimum Gasteiger partial charge on any atom is -0.404 e. The second-order valence-corrected chi connectivity index (χ2v) is 18.5. The van der Waals surface area contributed by atoms with E-state index in [9.17, 15) is 0 Å². The summed E-state index contributed by atoms with van der Waals surface area (Å²) in [6.45, 7) is 22.1. The van der Waals surface area contributed by atoms with Gasteiger partial charge < -0.3 is 22.5 Å². The van der Waals surface area contributed by atoms with Gasteiger partial charge in [0, 0.05) is 104 Å². The van der Waals surface area contributed by atoms with Gasteiger partial charge >= 0.3 is 0 Å². The van der Waals surface area contributed by atoms with Crippen LogP contribution in [-0.4, -0.2) is 86.2 Å². The lowest BCUT2D eigenvalue weighted by molar-refractivity contribution is 0.629. The zero-order valence-corrected chi connectivity index (χ0v) is 47.1. The van der Waals surface area contributed by atoms with E-state index in [0.717, 1.165) is 112 Å². The first kappa shape index (κ1) is 59.9. The van der Waals surface area contributed by atoms with Crippen molar-refractivity contribution in [3.63, 3.8) is 0 Å². The Hall–Kier alpha value is -6.64. The molecule has 0 saturated heterocycles. The molecule has 2 aromatic carbocycles. The second-order valence-electron chi connectivity index (χ2n) is 16.4. The Morgan fingerprint density at radius 3 is 1.80 bits per heavy atom. The summed E-state index contributed by atoms with van der Waals surface area (Å²) in [6.07, 6.45) is 20.9. The Morgan fingerprint density at radius 1 is 0.757 bits per heavy atom. The minimum absolute atomic E-state index is 0.399. The molecule has 17 nitrogen and oxygen atoms in total. The van der Waals surface area contributed by atoms with Crippen LogP contribution in [0.2, 0.25) is 0 Å². The van der Waals surface area contributed by atoms with E-state index in [1.165, 1.54) is 56.7 Å². The van der Waals surface area contributed by atoms with Gasteiger partial charge in [-0.15, -0.1) is 27.0 Å². The molecule has 9 aromatic rings. The molecule has 0 radical (unpaired) electrons. The Balaban J connectivity index is 0.000000251. The largest absolute Gasteiger partial charge is 0.404 e. The summed E-state index contributed by atoms with van der Waals surface area (Å²) in [5.74, 6) is 3.40. The average Bonchev–Trinajstić information content (AvgIpc) is 4.21. The van der Waals surface area contributed by atoms with E-state index < -0.39 is 0 Å². The highest BCUT2D eigenvalue weighted by molar-refractivity contribution is 7.16. The number of benzene rings is 2. The van der Waals surface area contributed by atoms with Crippen molar-refractivity contribution in [2.75, 3.05) is 20.6 Å². The van der Waals surface area contributed by atoms with Crippen molar-refractivity contribution in [3.05, 3.63) is 131 Å². The molecular formula is C55H79N17S2. The molecule has 0 amide bonds. The molecule has 7 N–H and O–H groups in total. The third-order valence-corrected chi connectivity index (χ3v) is 12.6. The molecule has 0 spiro atoms. The van der Waals surface area contributed by atoms with Crippen molar-refractivity contribution in [2.45, 2.75) is 113 Å². The van der Waals surface area contributed by atoms with E-state index in [4.69, 9.17) is 16.6 Å². The van der Waals surface area contributed by atoms with E-state index >= 15 is 0 Å². The third kappa shape index (κ3) is 17.2. The summed E-state index contributed by atoms with van der Waals surface area (Å²) < 4.78 is 5.45. The summed E-state index contributed by atoms with van der Waals surface area (Å²) in [5, 5.41) is 38.1. The number of hydrogen-bond acceptors (Lipinski definition) is 16. The molecule has 0 bridgehead atoms. The predicted molar refractivity (Wildman–Crippen MR) is 311 cm³/mol. The SMILES string of the molecule is C=CC1CC1.CC.CC.CC.CCC.CN.CN=C/C(=C\N)c1cnc2ccc(Cc3nnc4sc(CN)nn34)cc2c1.Cn1cc(-c2cnc3ccc(Cc4nnc5sc(CNCC6CC6)nn45)cc3c2)cn1. The van der Waals surface area contributed by atoms with Crippen LogP contribution < -0.4 is 22.5 Å². The standard InChI is InChI=1S/C22H22N8S.C18H18N8S.C5H8.C3H8.3C2H6.CH5N/c1-29-13-18(11-25-29)17-8-16-6-15(4-5-19(16)24-10-17)7-20-26-27-22-30(20)28-21(31-22)12-23-9-14-2-3-14;1-21-9-14(7-19)13-6-12-4-11(2-3-15(12)22-10-13)5-16-23-24-18-26(16)25-17(8-20)27-18;1-2-5-3-4-5;1-3-2;4*1-2/h4-6,8,10-11,13-14,23H,2-3,7,9,12H2,1H3;2-4,6-7,9-10H,5,8,19-20H2,1H3;2,5H,1,3-4H2;3H2,1-2H3;3*1-2H3;2H2,1H3/b;14-7+,21-9?;;;;;;. The van der Waals surface area contributed by atoms with E-state index in [1.54, 1.807) is 40.0 Å². The highest BCUT2D eigenvalue weighted by atomic mass is 32.1. The van der Waals surface area contributed by atoms with Crippen LogP contribution in [0.1, 0.15) is 126 Å². The number of aliphatic imine (C=N–C) groups is 1. The first-order valence-corrected chi connectivity index (χ1v) is 27.5. The molecule has 7 heterocycles. The fourth-order valence-corrected chi connectivity index (χ4v) is 8.54. The minimum atomic E-state index is 0.399. The first-order valence-electron chi connectivity index (χ1n) is 25.9. The van der Waals surface area contributed by atoms with Crippen LogP contribution >= 0.6 is 22.7 Å². The molecule has 7 aromatic heterocycles. The van der Waals surface area contributed by atoms with Gasteiger partial charge in [0.15, 0.2) is 11.6 Å². The van der Waals surface area contributed by atoms with Gasteiger partial charge in [-0.05, 0) is 98.6 Å². The van der Waals surface area contributed by atoms with Gasteiger partial charge in [0.05, 0.1) is 17.2 Å². The van der Waals surface area contributed by atoms with Crippen LogP contribution in [0, 0.1) is 11.8 Å². The fraction of sp³-hybridized carbons (Fsp3) is 0.418. The van der Waals surface area contributed by atoms with E-state index in [-0.39, 0.29) is 0 Å². The van der Waals surface area contributed by atoms with Gasteiger partial charge in [-0.1, -0.05) is 103 Å². The van der Waals surface area contributed by atoms with E-state index in [2.05, 4.69) is 113 Å². The molecule has 2 saturated carbocycles. The molecular weight excluding hydrogens is 963 g/mol. The van der Waals surface area contributed by atoms with Crippen molar-refractivity contribution < 1.29 is 0 Å². The Labute approximate surface area is 445 Å². The van der Waals surface area contributed by atoms with Crippen molar-refractivity contribution in [2.24, 2.45) is 41.1 Å². The number of nitrogens with two attached hydrogens (primary N) is 3. The summed E-state index contributed by atoms with van der Waals surface area (Å²) in [4.78, 5) is 14.8. The molecule has 19 heteroatoms. The molecule has 2 fully saturated rings. The van der Waals surface area contributed by atoms with Gasteiger partial charge in [-0.2, -0.15) is 24.3 Å². The van der Waals surface area contributed by atoms with Gasteiger partial charge in [-0.25, -0.2) is 0 Å². The maximum Gasteiger partial charge on any atom is 0.234 e. The monoisotopic (exact) mass is 1040 g/mol. The topological polar surface area (TPSA) is 232 Å². The normalized spacial score (nSPS) is 12.6. The molecule has 0 unspecified atom stereocenters. The van der Waals surface area contributed by atoms with Crippen LogP contribution in [0.4, 0.5) is 0 Å². The lowest BCUT2D eigenvalue weighted by atomic mass is 10.0. The third-order valence-electron chi connectivity index (χ3n) is 10.8. The maximum atomic E-state index is 5.71. The van der Waals surface area contributed by atoms with Gasteiger partial charge in [0.2, 0.25) is 9.92 Å². The summed E-state index contributed by atoms with van der Waals surface area (Å²) in [7, 11) is 5.13. The molecule has 396 valence electrons. The van der Waals surface area contributed by atoms with Crippen LogP contribution in [0.25, 0.3) is 48.4 Å². The number of aryl methyl sites for hydroxylation is 1. The lowest BCUT2D eigenvalue weighted by Gasteiger charge is -2.05. The van der Waals surface area contributed by atoms with Crippen molar-refractivity contribution >= 4 is 66.2 Å². The van der Waals surface area contributed by atoms with Crippen LogP contribution in [0.15, 0.2) is 97.2 Å². The summed E-state index contributed by atoms with van der Waals surface area (Å²) in [5.41, 5.74) is 23.9. The molecule has 0 aliphatic heterocycles. The molecule has 2 aliphatic rings. The number of pyridine rings is 2. The van der Waals surface area contributed by atoms with Gasteiger partial charge in [0.1, 0.15) is 10.0 Å². The smallest absolute Gasteiger partial charge is 0.234 e. The number of allylic oxidation sites excluding steroid dienone is 2. The lowest BCUT2D eigenvalue weighted by Crippen LogP contribution is -2.16. The quantitative estimate of drug-likeness (QED) is 0.0622. The van der Waals surface area contributed by atoms with Crippen LogP contribution in [-0.2, 0) is 33.0 Å². The summed E-state index contributed by atoms with van der Waals surface area (Å²) >= 11 is 3.06. The second kappa shape index (κ2) is 31.8. The molecule has 74 heavy (non-hydrogen) atoms. The number of nitrogens with one attached hydrogen (secondary N) is 1. The van der Waals surface area contributed by atoms with Crippen molar-refractivity contribution in [1.82, 2.24) is 64.7 Å². The number of fused-ring (bicyclic) bond motifs is 4. The molecule has 2 aliphatic carbocycles. The van der Waals surface area contributed by atoms with E-state index in [0.29, 0.717) is 19.4 Å². The zero-order chi connectivity index (χ0) is 54.0. The van der Waals surface area contributed by atoms with Crippen LogP contribution in [0.3, 0.4) is 0 Å². The van der Waals surface area contributed by atoms with Gasteiger partial charge in [0.25, 0.3) is 0 Å². The molecule has 11 rings (SSSR count). The fourth-order valence-electron chi connectivity index (χ4n) is 6.99. The summed E-state index contributed by atoms with van der Waals surface area (Å²) in [6, 6.07) is 16.7. The van der Waals surface area contributed by atoms with Crippen LogP contribution in [0.5, 0.6) is 0 Å². The molecule has 0 atom stereocenters. The zero-order valence-electron chi connectivity index (χ0n) is 45.5. The maximum absolute atomic E-state index is 5.71. The average molecular weight is 1040 g/mol. The van der Waals surface area contributed by atoms with Crippen molar-refractivity contribution in [3.8, 4) is 11.1 Å². The Morgan fingerprint density at radius 2 is 1.31 bits per heavy atom. The number of aromatic nitrogens is 12. The highest BCUT2D eigenvalue weighted by Gasteiger charge is 2.21. The predicted octanol–water partition coefficient (Wildman–Crippen LogP) is 10.7. The van der Waals surface area contributed by atoms with Gasteiger partial charge in [-0.3, -0.25) is 19.6 Å². The Kier molecular flexibility index (Phi) is 25.8. The Bertz CT molecular complexity index is 3110. The number of hydrogen-bond donors (Lipinski definition) is 4. The number of rotatable bonds is 13. The van der Waals surface area contributed by atoms with Crippen molar-refractivity contribution in [1.29, 1.82) is 0 Å². The van der Waals surface area contributed by atoms with E-state index in [1.807, 2.05) is 89.9 Å². The number of nitrogens with zero attached hydrogens (tertiary/aromatic N) is 13. The highest BCUT2D eigenvalue weighted by Crippen LogP contribution is 2.29.